The van der Waals surface area contributed by atoms with Crippen LogP contribution in [0.2, 0.25) is 0 Å². The Labute approximate surface area is 110 Å². The van der Waals surface area contributed by atoms with Crippen LogP contribution in [0.15, 0.2) is 43.4 Å². The highest BCUT2D eigenvalue weighted by Gasteiger charge is 2.02. The number of pyridine rings is 1. The molecule has 0 aliphatic carbocycles. The van der Waals surface area contributed by atoms with Crippen molar-refractivity contribution in [3.8, 4) is 0 Å². The van der Waals surface area contributed by atoms with E-state index in [2.05, 4.69) is 29.8 Å². The zero-order valence-electron chi connectivity index (χ0n) is 10.4. The molecule has 6 nitrogen and oxygen atoms in total. The minimum atomic E-state index is 0.717. The zero-order valence-corrected chi connectivity index (χ0v) is 10.4. The minimum Gasteiger partial charge on any atom is -0.369 e. The third-order valence-electron chi connectivity index (χ3n) is 2.85. The topological polar surface area (TPSA) is 68.5 Å². The molecule has 3 aromatic heterocycles. The molecule has 96 valence electrons. The number of nitrogens with zero attached hydrogens (tertiary/aromatic N) is 5. The van der Waals surface area contributed by atoms with Crippen LogP contribution in [0.25, 0.3) is 11.0 Å². The molecule has 0 spiro atoms. The summed E-state index contributed by atoms with van der Waals surface area (Å²) < 4.78 is 2.06. The molecule has 0 atom stereocenters. The smallest absolute Gasteiger partial charge is 0.164 e. The number of rotatable bonds is 5. The first kappa shape index (κ1) is 11.6. The van der Waals surface area contributed by atoms with Gasteiger partial charge in [0.2, 0.25) is 0 Å². The third kappa shape index (κ3) is 2.67. The largest absolute Gasteiger partial charge is 0.369 e. The van der Waals surface area contributed by atoms with E-state index in [1.54, 1.807) is 12.4 Å². The van der Waals surface area contributed by atoms with Gasteiger partial charge < -0.3 is 9.88 Å². The number of aromatic nitrogens is 5. The first-order chi connectivity index (χ1) is 9.43. The van der Waals surface area contributed by atoms with E-state index in [1.807, 2.05) is 24.7 Å². The molecule has 0 unspecified atom stereocenters. The van der Waals surface area contributed by atoms with E-state index in [-0.39, 0.29) is 0 Å². The Morgan fingerprint density at radius 3 is 3.05 bits per heavy atom. The van der Waals surface area contributed by atoms with Crippen LogP contribution in [0.5, 0.6) is 0 Å². The van der Waals surface area contributed by atoms with Gasteiger partial charge in [-0.05, 0) is 18.6 Å². The van der Waals surface area contributed by atoms with Gasteiger partial charge in [-0.25, -0.2) is 19.9 Å². The Morgan fingerprint density at radius 2 is 2.16 bits per heavy atom. The van der Waals surface area contributed by atoms with Crippen LogP contribution in [0, 0.1) is 0 Å². The average molecular weight is 254 g/mol. The maximum atomic E-state index is 4.26. The van der Waals surface area contributed by atoms with Crippen LogP contribution in [0.3, 0.4) is 0 Å². The molecule has 0 aromatic carbocycles. The van der Waals surface area contributed by atoms with Crippen molar-refractivity contribution in [1.29, 1.82) is 0 Å². The summed E-state index contributed by atoms with van der Waals surface area (Å²) in [5.41, 5.74) is 0.717. The fourth-order valence-corrected chi connectivity index (χ4v) is 1.92. The zero-order chi connectivity index (χ0) is 12.9. The lowest BCUT2D eigenvalue weighted by atomic mass is 10.3. The van der Waals surface area contributed by atoms with Crippen molar-refractivity contribution in [2.75, 3.05) is 11.9 Å². The molecule has 3 aromatic rings. The van der Waals surface area contributed by atoms with Gasteiger partial charge >= 0.3 is 0 Å². The maximum absolute atomic E-state index is 4.26. The van der Waals surface area contributed by atoms with Gasteiger partial charge in [0.25, 0.3) is 0 Å². The predicted molar refractivity (Wildman–Crippen MR) is 72.7 cm³/mol. The molecular formula is C13H14N6. The van der Waals surface area contributed by atoms with Crippen molar-refractivity contribution in [2.24, 2.45) is 0 Å². The monoisotopic (exact) mass is 254 g/mol. The van der Waals surface area contributed by atoms with E-state index in [1.165, 1.54) is 6.33 Å². The Hall–Kier alpha value is -2.50. The highest BCUT2D eigenvalue weighted by atomic mass is 15.0. The van der Waals surface area contributed by atoms with Crippen molar-refractivity contribution in [1.82, 2.24) is 24.5 Å². The van der Waals surface area contributed by atoms with E-state index < -0.39 is 0 Å². The van der Waals surface area contributed by atoms with Gasteiger partial charge in [0.05, 0.1) is 11.7 Å². The fourth-order valence-electron chi connectivity index (χ4n) is 1.92. The number of anilines is 1. The van der Waals surface area contributed by atoms with Crippen LogP contribution in [-0.2, 0) is 6.54 Å². The summed E-state index contributed by atoms with van der Waals surface area (Å²) in [7, 11) is 0. The molecule has 0 aliphatic heterocycles. The summed E-state index contributed by atoms with van der Waals surface area (Å²) in [5.74, 6) is 0.837. The van der Waals surface area contributed by atoms with Crippen LogP contribution >= 0.6 is 0 Å². The van der Waals surface area contributed by atoms with Crippen LogP contribution in [0.1, 0.15) is 6.42 Å². The summed E-state index contributed by atoms with van der Waals surface area (Å²) in [6.07, 6.45) is 9.85. The van der Waals surface area contributed by atoms with Crippen molar-refractivity contribution in [3.05, 3.63) is 43.4 Å². The summed E-state index contributed by atoms with van der Waals surface area (Å²) >= 11 is 0. The maximum Gasteiger partial charge on any atom is 0.164 e. The second kappa shape index (κ2) is 5.43. The molecule has 1 N–H and O–H groups in total. The predicted octanol–water partition coefficient (Wildman–Crippen LogP) is 1.72. The number of fused-ring (bicyclic) bond motifs is 1. The van der Waals surface area contributed by atoms with Crippen LogP contribution in [-0.4, -0.2) is 31.0 Å². The van der Waals surface area contributed by atoms with Gasteiger partial charge in [0.1, 0.15) is 12.1 Å². The van der Waals surface area contributed by atoms with Gasteiger partial charge in [-0.15, -0.1) is 0 Å². The molecule has 0 fully saturated rings. The number of nitrogens with one attached hydrogen (secondary N) is 1. The molecule has 19 heavy (non-hydrogen) atoms. The molecular weight excluding hydrogens is 240 g/mol. The first-order valence-corrected chi connectivity index (χ1v) is 6.19. The summed E-state index contributed by atoms with van der Waals surface area (Å²) in [6.45, 7) is 1.79. The lowest BCUT2D eigenvalue weighted by Gasteiger charge is -2.07. The Bertz CT molecular complexity index is 644. The summed E-state index contributed by atoms with van der Waals surface area (Å²) in [4.78, 5) is 16.6. The van der Waals surface area contributed by atoms with Crippen LogP contribution in [0.4, 0.5) is 5.82 Å². The highest BCUT2D eigenvalue weighted by Crippen LogP contribution is 2.16. The molecule has 0 bridgehead atoms. The second-order valence-electron chi connectivity index (χ2n) is 4.18. The van der Waals surface area contributed by atoms with Gasteiger partial charge in [0, 0.05) is 31.7 Å². The van der Waals surface area contributed by atoms with Gasteiger partial charge in [-0.1, -0.05) is 0 Å². The lowest BCUT2D eigenvalue weighted by Crippen LogP contribution is -2.07. The number of aryl methyl sites for hydroxylation is 1. The molecule has 0 aliphatic rings. The molecule has 3 rings (SSSR count). The number of hydrogen-bond acceptors (Lipinski definition) is 5. The Balaban J connectivity index is 1.62. The molecule has 0 saturated heterocycles. The molecule has 0 amide bonds. The molecule has 6 heteroatoms. The van der Waals surface area contributed by atoms with Gasteiger partial charge in [-0.3, -0.25) is 0 Å². The van der Waals surface area contributed by atoms with E-state index in [9.17, 15) is 0 Å². The summed E-state index contributed by atoms with van der Waals surface area (Å²) in [6, 6.07) is 3.86. The standard InChI is InChI=1S/C13H14N6/c1-3-11-12(15-4-1)17-9-18-13(11)16-5-2-7-19-8-6-14-10-19/h1,3-4,6,8-10H,2,5,7H2,(H,15,16,17,18). The van der Waals surface area contributed by atoms with E-state index in [0.29, 0.717) is 0 Å². The molecule has 3 heterocycles. The van der Waals surface area contributed by atoms with Crippen LogP contribution < -0.4 is 5.32 Å². The second-order valence-corrected chi connectivity index (χ2v) is 4.18. The van der Waals surface area contributed by atoms with Crippen molar-refractivity contribution in [2.45, 2.75) is 13.0 Å². The third-order valence-corrected chi connectivity index (χ3v) is 2.85. The van der Waals surface area contributed by atoms with E-state index in [0.717, 1.165) is 36.4 Å². The number of hydrogen-bond donors (Lipinski definition) is 1. The molecule has 0 saturated carbocycles. The fraction of sp³-hybridized carbons (Fsp3) is 0.231. The van der Waals surface area contributed by atoms with E-state index in [4.69, 9.17) is 0 Å². The lowest BCUT2D eigenvalue weighted by molar-refractivity contribution is 0.660. The van der Waals surface area contributed by atoms with E-state index >= 15 is 0 Å². The number of imidazole rings is 1. The Kier molecular flexibility index (Phi) is 3.31. The SMILES string of the molecule is c1cnc2ncnc(NCCCn3ccnc3)c2c1. The van der Waals surface area contributed by atoms with Crippen molar-refractivity contribution >= 4 is 16.9 Å². The van der Waals surface area contributed by atoms with Crippen molar-refractivity contribution < 1.29 is 0 Å². The Morgan fingerprint density at radius 1 is 1.16 bits per heavy atom. The normalized spacial score (nSPS) is 10.7. The summed E-state index contributed by atoms with van der Waals surface area (Å²) in [5, 5.41) is 4.28. The minimum absolute atomic E-state index is 0.717. The van der Waals surface area contributed by atoms with Gasteiger partial charge in [-0.2, -0.15) is 0 Å². The van der Waals surface area contributed by atoms with Gasteiger partial charge in [0.15, 0.2) is 5.65 Å². The molecule has 0 radical (unpaired) electrons. The highest BCUT2D eigenvalue weighted by molar-refractivity contribution is 5.85. The average Bonchev–Trinajstić information content (AvgIpc) is 2.97. The van der Waals surface area contributed by atoms with Crippen molar-refractivity contribution in [3.63, 3.8) is 0 Å². The quantitative estimate of drug-likeness (QED) is 0.702. The first-order valence-electron chi connectivity index (χ1n) is 6.19.